The Kier molecular flexibility index (Phi) is 12.1. The van der Waals surface area contributed by atoms with E-state index in [4.69, 9.17) is 33.2 Å². The number of hydrogen-bond acceptors (Lipinski definition) is 18. The van der Waals surface area contributed by atoms with Crippen molar-refractivity contribution in [3.05, 3.63) is 29.8 Å². The van der Waals surface area contributed by atoms with Crippen LogP contribution in [0.25, 0.3) is 6.08 Å². The van der Waals surface area contributed by atoms with Crippen molar-refractivity contribution in [3.8, 4) is 11.5 Å². The number of aliphatic hydroxyl groups is 9. The molecule has 0 amide bonds. The van der Waals surface area contributed by atoms with Crippen LogP contribution in [-0.4, -0.2) is 170 Å². The van der Waals surface area contributed by atoms with E-state index >= 15 is 0 Å². The Balaban J connectivity index is 1.50. The van der Waals surface area contributed by atoms with Gasteiger partial charge in [0.15, 0.2) is 24.1 Å². The summed E-state index contributed by atoms with van der Waals surface area (Å²) in [5.74, 6) is -1.04. The molecule has 3 fully saturated rings. The van der Waals surface area contributed by atoms with Gasteiger partial charge in [-0.2, -0.15) is 0 Å². The van der Waals surface area contributed by atoms with Gasteiger partial charge in [-0.3, -0.25) is 0 Å². The highest BCUT2D eigenvalue weighted by Gasteiger charge is 2.51. The lowest BCUT2D eigenvalue weighted by atomic mass is 9.97. The molecule has 3 aliphatic rings. The first kappa shape index (κ1) is 35.3. The van der Waals surface area contributed by atoms with Gasteiger partial charge in [0.2, 0.25) is 6.29 Å². The lowest BCUT2D eigenvalue weighted by Crippen LogP contribution is -2.64. The molecule has 18 nitrogen and oxygen atoms in total. The van der Waals surface area contributed by atoms with Crippen LogP contribution in [0.4, 0.5) is 0 Å². The third-order valence-electron chi connectivity index (χ3n) is 7.51. The molecule has 45 heavy (non-hydrogen) atoms. The molecule has 3 unspecified atom stereocenters. The van der Waals surface area contributed by atoms with Crippen molar-refractivity contribution in [2.24, 2.45) is 0 Å². The zero-order chi connectivity index (χ0) is 33.0. The summed E-state index contributed by atoms with van der Waals surface area (Å²) in [5.41, 5.74) is 0.429. The van der Waals surface area contributed by atoms with Crippen molar-refractivity contribution < 1.29 is 89.0 Å². The van der Waals surface area contributed by atoms with Gasteiger partial charge in [-0.25, -0.2) is 4.79 Å². The van der Waals surface area contributed by atoms with Gasteiger partial charge in [-0.15, -0.1) is 0 Å². The fourth-order valence-corrected chi connectivity index (χ4v) is 4.86. The van der Waals surface area contributed by atoms with Crippen LogP contribution < -0.4 is 4.74 Å². The Hall–Kier alpha value is -2.53. The van der Waals surface area contributed by atoms with E-state index in [0.29, 0.717) is 5.56 Å². The number of methoxy groups -OCH3 is 1. The topological polar surface area (TPSA) is 284 Å². The summed E-state index contributed by atoms with van der Waals surface area (Å²) >= 11 is 0. The van der Waals surface area contributed by atoms with E-state index in [0.717, 1.165) is 6.08 Å². The maximum atomic E-state index is 12.7. The van der Waals surface area contributed by atoms with Crippen molar-refractivity contribution in [3.63, 3.8) is 0 Å². The predicted molar refractivity (Wildman–Crippen MR) is 143 cm³/mol. The zero-order valence-electron chi connectivity index (χ0n) is 23.8. The summed E-state index contributed by atoms with van der Waals surface area (Å²) in [6.07, 6.45) is -21.3. The quantitative estimate of drug-likeness (QED) is 0.0838. The molecule has 0 bridgehead atoms. The highest BCUT2D eigenvalue weighted by atomic mass is 16.8. The van der Waals surface area contributed by atoms with Crippen LogP contribution >= 0.6 is 0 Å². The minimum Gasteiger partial charge on any atom is -0.504 e. The molecular weight excluding hydrogens is 612 g/mol. The second-order valence-corrected chi connectivity index (χ2v) is 10.6. The van der Waals surface area contributed by atoms with Crippen LogP contribution in [-0.2, 0) is 33.2 Å². The number of phenolic OH excluding ortho intramolecular Hbond substituents is 1. The summed E-state index contributed by atoms with van der Waals surface area (Å²) in [7, 11) is 1.34. The molecule has 1 aromatic rings. The van der Waals surface area contributed by atoms with Crippen LogP contribution in [0.1, 0.15) is 5.56 Å². The molecule has 3 aliphatic heterocycles. The van der Waals surface area contributed by atoms with Gasteiger partial charge in [-0.05, 0) is 23.8 Å². The number of hydrogen-bond donors (Lipinski definition) is 10. The largest absolute Gasteiger partial charge is 0.504 e. The third-order valence-corrected chi connectivity index (χ3v) is 7.51. The van der Waals surface area contributed by atoms with Gasteiger partial charge in [0.25, 0.3) is 0 Å². The number of phenols is 1. The average Bonchev–Trinajstić information content (AvgIpc) is 3.02. The second-order valence-electron chi connectivity index (χ2n) is 10.6. The lowest BCUT2D eigenvalue weighted by Gasteiger charge is -2.45. The molecule has 3 heterocycles. The van der Waals surface area contributed by atoms with Crippen molar-refractivity contribution in [2.45, 2.75) is 86.0 Å². The Morgan fingerprint density at radius 3 is 2.24 bits per heavy atom. The summed E-state index contributed by atoms with van der Waals surface area (Å²) in [6, 6.07) is 4.23. The Labute approximate surface area is 255 Å². The van der Waals surface area contributed by atoms with Crippen LogP contribution in [0.2, 0.25) is 0 Å². The maximum Gasteiger partial charge on any atom is 0.333 e. The number of carbonyl (C=O) groups is 1. The van der Waals surface area contributed by atoms with E-state index < -0.39 is 112 Å². The summed E-state index contributed by atoms with van der Waals surface area (Å²) in [4.78, 5) is 12.7. The van der Waals surface area contributed by atoms with E-state index in [-0.39, 0.29) is 11.5 Å². The monoisotopic (exact) mass is 650 g/mol. The van der Waals surface area contributed by atoms with Gasteiger partial charge in [-0.1, -0.05) is 6.07 Å². The van der Waals surface area contributed by atoms with Crippen LogP contribution in [0.5, 0.6) is 11.5 Å². The van der Waals surface area contributed by atoms with Gasteiger partial charge in [0, 0.05) is 6.08 Å². The standard InChI is InChI=1S/C27H38O18/c1-39-13-6-10(2-4-11(13)29)3-5-16(31)44-27-23(38)24(45-26-21(36)17(32)12(30)8-40-26)19(34)15(43-27)9-41-25-22(37)20(35)18(33)14(7-28)42-25/h2-6,12,14-15,17-30,32-38H,7-9H2,1H3/b5-3-/t12-,14-,15-,17-,18-,19-,20+,21+,22-,23-,24+,25?,26?,27?/m1/s1. The van der Waals surface area contributed by atoms with Crippen molar-refractivity contribution >= 4 is 12.0 Å². The molecule has 3 saturated heterocycles. The first-order chi connectivity index (χ1) is 21.4. The Morgan fingerprint density at radius 2 is 1.56 bits per heavy atom. The normalized spacial score (nSPS) is 40.8. The smallest absolute Gasteiger partial charge is 0.333 e. The highest BCUT2D eigenvalue weighted by molar-refractivity contribution is 5.87. The van der Waals surface area contributed by atoms with Crippen LogP contribution in [0.3, 0.4) is 0 Å². The number of rotatable bonds is 10. The van der Waals surface area contributed by atoms with Gasteiger partial charge in [0.05, 0.1) is 26.9 Å². The molecule has 254 valence electrons. The first-order valence-electron chi connectivity index (χ1n) is 13.9. The minimum absolute atomic E-state index is 0.133. The number of carbonyl (C=O) groups excluding carboxylic acids is 1. The lowest BCUT2D eigenvalue weighted by molar-refractivity contribution is -0.353. The number of benzene rings is 1. The number of aliphatic hydroxyl groups excluding tert-OH is 9. The summed E-state index contributed by atoms with van der Waals surface area (Å²) in [5, 5.41) is 102. The van der Waals surface area contributed by atoms with Crippen molar-refractivity contribution in [1.82, 2.24) is 0 Å². The zero-order valence-corrected chi connectivity index (χ0v) is 23.8. The number of ether oxygens (including phenoxy) is 7. The summed E-state index contributed by atoms with van der Waals surface area (Å²) in [6.45, 7) is -1.86. The Morgan fingerprint density at radius 1 is 0.867 bits per heavy atom. The SMILES string of the molecule is COc1cc(/C=C\C(=O)OC2O[C@H](COC3O[C@H](CO)[C@@H](O)[C@H](O)[C@H]3O)[C@@H](O)[C@H](OC3OC[C@@H](O)[C@@H](O)[C@@H]3O)[C@H]2O)ccc1O. The predicted octanol–water partition coefficient (Wildman–Crippen LogP) is -4.96. The Bertz CT molecular complexity index is 1150. The molecule has 0 spiro atoms. The molecular formula is C27H38O18. The van der Waals surface area contributed by atoms with Crippen LogP contribution in [0, 0.1) is 0 Å². The van der Waals surface area contributed by atoms with E-state index in [9.17, 15) is 55.9 Å². The fourth-order valence-electron chi connectivity index (χ4n) is 4.86. The minimum atomic E-state index is -1.92. The molecule has 14 atom stereocenters. The third kappa shape index (κ3) is 8.07. The average molecular weight is 651 g/mol. The van der Waals surface area contributed by atoms with Crippen molar-refractivity contribution in [1.29, 1.82) is 0 Å². The molecule has 18 heteroatoms. The number of aromatic hydroxyl groups is 1. The molecule has 0 aromatic heterocycles. The van der Waals surface area contributed by atoms with Gasteiger partial charge in [0.1, 0.15) is 67.1 Å². The van der Waals surface area contributed by atoms with E-state index in [1.54, 1.807) is 0 Å². The summed E-state index contributed by atoms with van der Waals surface area (Å²) < 4.78 is 37.3. The molecule has 0 aliphatic carbocycles. The molecule has 0 saturated carbocycles. The molecule has 4 rings (SSSR count). The van der Waals surface area contributed by atoms with Crippen molar-refractivity contribution in [2.75, 3.05) is 26.9 Å². The maximum absolute atomic E-state index is 12.7. The molecule has 0 radical (unpaired) electrons. The number of esters is 1. The van der Waals surface area contributed by atoms with Crippen LogP contribution in [0.15, 0.2) is 24.3 Å². The second kappa shape index (κ2) is 15.4. The first-order valence-corrected chi connectivity index (χ1v) is 13.9. The van der Waals surface area contributed by atoms with E-state index in [1.807, 2.05) is 0 Å². The highest BCUT2D eigenvalue weighted by Crippen LogP contribution is 2.30. The van der Waals surface area contributed by atoms with Gasteiger partial charge < -0.3 is 84.2 Å². The van der Waals surface area contributed by atoms with E-state index in [2.05, 4.69) is 0 Å². The van der Waals surface area contributed by atoms with Gasteiger partial charge >= 0.3 is 5.97 Å². The van der Waals surface area contributed by atoms with E-state index in [1.165, 1.54) is 31.4 Å². The molecule has 1 aromatic carbocycles. The molecule has 10 N–H and O–H groups in total. The fraction of sp³-hybridized carbons (Fsp3) is 0.667.